The Morgan fingerprint density at radius 3 is 2.45 bits per heavy atom. The lowest BCUT2D eigenvalue weighted by Crippen LogP contribution is -2.39. The lowest BCUT2D eigenvalue weighted by Gasteiger charge is -2.35. The fraction of sp³-hybridized carbons (Fsp3) is 0.500. The van der Waals surface area contributed by atoms with Crippen molar-refractivity contribution in [1.82, 2.24) is 14.9 Å². The summed E-state index contributed by atoms with van der Waals surface area (Å²) in [5.41, 5.74) is 3.26. The number of anilines is 2. The molecule has 0 aliphatic carbocycles. The SMILES string of the molecule is N#Cc1cccc(C(=O)N2CCc3nc(N4CCCC4)nc(N4CCCCC4)c3C2)c1. The summed E-state index contributed by atoms with van der Waals surface area (Å²) in [7, 11) is 0. The molecule has 0 saturated carbocycles. The third-order valence-electron chi connectivity index (χ3n) is 6.60. The molecule has 4 heterocycles. The number of benzene rings is 1. The van der Waals surface area contributed by atoms with Gasteiger partial charge in [-0.15, -0.1) is 0 Å². The Hall–Kier alpha value is -3.14. The average molecular weight is 417 g/mol. The molecule has 3 aliphatic heterocycles. The van der Waals surface area contributed by atoms with Crippen molar-refractivity contribution < 1.29 is 4.79 Å². The fourth-order valence-corrected chi connectivity index (χ4v) is 4.89. The van der Waals surface area contributed by atoms with E-state index in [0.29, 0.717) is 24.2 Å². The third-order valence-corrected chi connectivity index (χ3v) is 6.60. The molecular weight excluding hydrogens is 388 g/mol. The van der Waals surface area contributed by atoms with Crippen LogP contribution < -0.4 is 9.80 Å². The highest BCUT2D eigenvalue weighted by Crippen LogP contribution is 2.32. The molecule has 31 heavy (non-hydrogen) atoms. The normalized spacial score (nSPS) is 18.6. The molecular formula is C24H28N6O. The van der Waals surface area contributed by atoms with Gasteiger partial charge < -0.3 is 14.7 Å². The maximum Gasteiger partial charge on any atom is 0.254 e. The topological polar surface area (TPSA) is 76.4 Å². The summed E-state index contributed by atoms with van der Waals surface area (Å²) < 4.78 is 0. The van der Waals surface area contributed by atoms with E-state index in [4.69, 9.17) is 9.97 Å². The van der Waals surface area contributed by atoms with E-state index >= 15 is 0 Å². The number of nitriles is 1. The molecule has 2 fully saturated rings. The first-order chi connectivity index (χ1) is 15.2. The zero-order valence-electron chi connectivity index (χ0n) is 17.9. The Bertz CT molecular complexity index is 1020. The predicted octanol–water partition coefficient (Wildman–Crippen LogP) is 3.14. The first kappa shape index (κ1) is 19.8. The molecule has 3 aliphatic rings. The second kappa shape index (κ2) is 8.54. The number of nitrogens with zero attached hydrogens (tertiary/aromatic N) is 6. The minimum Gasteiger partial charge on any atom is -0.356 e. The van der Waals surface area contributed by atoms with Gasteiger partial charge in [0.2, 0.25) is 5.95 Å². The molecule has 0 unspecified atom stereocenters. The van der Waals surface area contributed by atoms with Gasteiger partial charge in [-0.05, 0) is 50.3 Å². The highest BCUT2D eigenvalue weighted by Gasteiger charge is 2.30. The molecule has 2 saturated heterocycles. The number of carbonyl (C=O) groups excluding carboxylic acids is 1. The van der Waals surface area contributed by atoms with E-state index in [1.807, 2.05) is 4.90 Å². The van der Waals surface area contributed by atoms with E-state index in [9.17, 15) is 10.1 Å². The zero-order valence-corrected chi connectivity index (χ0v) is 17.9. The van der Waals surface area contributed by atoms with Crippen LogP contribution in [-0.4, -0.2) is 53.5 Å². The molecule has 0 atom stereocenters. The minimum atomic E-state index is -0.0315. The standard InChI is InChI=1S/C24H28N6O/c25-16-18-7-6-8-19(15-18)23(31)30-14-9-21-20(17-30)22(28-10-2-1-3-11-28)27-24(26-21)29-12-4-5-13-29/h6-8,15H,1-5,9-14,17H2. The van der Waals surface area contributed by atoms with Crippen LogP contribution in [-0.2, 0) is 13.0 Å². The van der Waals surface area contributed by atoms with Crippen LogP contribution in [0.3, 0.4) is 0 Å². The van der Waals surface area contributed by atoms with Crippen LogP contribution in [0, 0.1) is 11.3 Å². The monoisotopic (exact) mass is 416 g/mol. The molecule has 7 heteroatoms. The lowest BCUT2D eigenvalue weighted by atomic mass is 10.0. The number of hydrogen-bond donors (Lipinski definition) is 0. The van der Waals surface area contributed by atoms with E-state index < -0.39 is 0 Å². The second-order valence-corrected chi connectivity index (χ2v) is 8.68. The minimum absolute atomic E-state index is 0.0315. The molecule has 160 valence electrons. The van der Waals surface area contributed by atoms with Crippen LogP contribution >= 0.6 is 0 Å². The summed E-state index contributed by atoms with van der Waals surface area (Å²) in [5.74, 6) is 1.85. The molecule has 0 N–H and O–H groups in total. The Labute approximate surface area is 183 Å². The van der Waals surface area contributed by atoms with Gasteiger partial charge in [0.05, 0.1) is 23.9 Å². The fourth-order valence-electron chi connectivity index (χ4n) is 4.89. The van der Waals surface area contributed by atoms with E-state index in [0.717, 1.165) is 55.6 Å². The van der Waals surface area contributed by atoms with Crippen molar-refractivity contribution in [2.24, 2.45) is 0 Å². The number of rotatable bonds is 3. The molecule has 5 rings (SSSR count). The van der Waals surface area contributed by atoms with E-state index in [2.05, 4.69) is 15.9 Å². The maximum absolute atomic E-state index is 13.2. The van der Waals surface area contributed by atoms with Gasteiger partial charge in [-0.25, -0.2) is 4.98 Å². The van der Waals surface area contributed by atoms with Crippen LogP contribution in [0.1, 0.15) is 59.3 Å². The number of amides is 1. The van der Waals surface area contributed by atoms with Gasteiger partial charge in [-0.2, -0.15) is 10.2 Å². The van der Waals surface area contributed by atoms with Crippen molar-refractivity contribution >= 4 is 17.7 Å². The van der Waals surface area contributed by atoms with Crippen LogP contribution in [0.25, 0.3) is 0 Å². The summed E-state index contributed by atoms with van der Waals surface area (Å²) in [5, 5.41) is 9.18. The van der Waals surface area contributed by atoms with Gasteiger partial charge in [0, 0.05) is 50.3 Å². The summed E-state index contributed by atoms with van der Waals surface area (Å²) in [6, 6.07) is 9.09. The second-order valence-electron chi connectivity index (χ2n) is 8.68. The Morgan fingerprint density at radius 1 is 0.935 bits per heavy atom. The van der Waals surface area contributed by atoms with Gasteiger partial charge in [0.15, 0.2) is 0 Å². The van der Waals surface area contributed by atoms with Crippen LogP contribution in [0.4, 0.5) is 11.8 Å². The number of piperidine rings is 1. The summed E-state index contributed by atoms with van der Waals surface area (Å²) in [6.07, 6.45) is 6.77. The molecule has 0 spiro atoms. The average Bonchev–Trinajstić information content (AvgIpc) is 3.38. The number of fused-ring (bicyclic) bond motifs is 1. The van der Waals surface area contributed by atoms with Gasteiger partial charge >= 0.3 is 0 Å². The molecule has 0 radical (unpaired) electrons. The molecule has 7 nitrogen and oxygen atoms in total. The third kappa shape index (κ3) is 3.95. The van der Waals surface area contributed by atoms with Crippen molar-refractivity contribution in [1.29, 1.82) is 5.26 Å². The van der Waals surface area contributed by atoms with Gasteiger partial charge in [0.1, 0.15) is 5.82 Å². The number of carbonyl (C=O) groups is 1. The Kier molecular flexibility index (Phi) is 5.46. The molecule has 0 bridgehead atoms. The summed E-state index contributed by atoms with van der Waals surface area (Å²) in [6.45, 7) is 5.24. The van der Waals surface area contributed by atoms with Crippen molar-refractivity contribution in [2.75, 3.05) is 42.5 Å². The van der Waals surface area contributed by atoms with Gasteiger partial charge in [0.25, 0.3) is 5.91 Å². The quantitative estimate of drug-likeness (QED) is 0.765. The summed E-state index contributed by atoms with van der Waals surface area (Å²) >= 11 is 0. The lowest BCUT2D eigenvalue weighted by molar-refractivity contribution is 0.0733. The van der Waals surface area contributed by atoms with Crippen molar-refractivity contribution in [3.8, 4) is 6.07 Å². The zero-order chi connectivity index (χ0) is 21.2. The van der Waals surface area contributed by atoms with Crippen molar-refractivity contribution in [3.05, 3.63) is 46.6 Å². The maximum atomic E-state index is 13.2. The smallest absolute Gasteiger partial charge is 0.254 e. The van der Waals surface area contributed by atoms with E-state index in [-0.39, 0.29) is 5.91 Å². The highest BCUT2D eigenvalue weighted by molar-refractivity contribution is 5.94. The molecule has 2 aromatic rings. The first-order valence-electron chi connectivity index (χ1n) is 11.4. The van der Waals surface area contributed by atoms with E-state index in [1.54, 1.807) is 24.3 Å². The van der Waals surface area contributed by atoms with Gasteiger partial charge in [-0.3, -0.25) is 4.79 Å². The largest absolute Gasteiger partial charge is 0.356 e. The number of aromatic nitrogens is 2. The Balaban J connectivity index is 1.47. The highest BCUT2D eigenvalue weighted by atomic mass is 16.2. The Morgan fingerprint density at radius 2 is 1.68 bits per heavy atom. The van der Waals surface area contributed by atoms with E-state index in [1.165, 1.54) is 32.1 Å². The van der Waals surface area contributed by atoms with Crippen LogP contribution in [0.15, 0.2) is 24.3 Å². The summed E-state index contributed by atoms with van der Waals surface area (Å²) in [4.78, 5) is 29.8. The first-order valence-corrected chi connectivity index (χ1v) is 11.4. The molecule has 1 amide bonds. The van der Waals surface area contributed by atoms with Crippen molar-refractivity contribution in [3.63, 3.8) is 0 Å². The predicted molar refractivity (Wildman–Crippen MR) is 119 cm³/mol. The molecule has 1 aromatic heterocycles. The molecule has 1 aromatic carbocycles. The van der Waals surface area contributed by atoms with Gasteiger partial charge in [-0.1, -0.05) is 6.07 Å². The van der Waals surface area contributed by atoms with Crippen LogP contribution in [0.2, 0.25) is 0 Å². The van der Waals surface area contributed by atoms with Crippen LogP contribution in [0.5, 0.6) is 0 Å². The number of hydrogen-bond acceptors (Lipinski definition) is 6. The van der Waals surface area contributed by atoms with Crippen molar-refractivity contribution in [2.45, 2.75) is 45.1 Å².